The van der Waals surface area contributed by atoms with Gasteiger partial charge in [-0.05, 0) is 31.1 Å². The van der Waals surface area contributed by atoms with E-state index in [1.54, 1.807) is 0 Å². The van der Waals surface area contributed by atoms with E-state index >= 15 is 0 Å². The normalized spacial score (nSPS) is 35.3. The fraction of sp³-hybridized carbons (Fsp3) is 0.929. The average Bonchev–Trinajstić information content (AvgIpc) is 2.97. The Morgan fingerprint density at radius 1 is 1.22 bits per heavy atom. The molecule has 0 aromatic rings. The molecule has 2 heterocycles. The smallest absolute Gasteiger partial charge is 0.239 e. The molecule has 2 N–H and O–H groups in total. The second-order valence-electron chi connectivity index (χ2n) is 6.42. The van der Waals surface area contributed by atoms with Gasteiger partial charge in [0.1, 0.15) is 0 Å². The summed E-state index contributed by atoms with van der Waals surface area (Å²) in [5.74, 6) is 0.217. The number of β-amino-alcohol motifs (C(OH)–C–C–N with tert-alkyl or cyclic N) is 1. The highest BCUT2D eigenvalue weighted by molar-refractivity contribution is 5.82. The third kappa shape index (κ3) is 2.28. The van der Waals surface area contributed by atoms with Crippen molar-refractivity contribution >= 4 is 5.91 Å². The molecule has 3 aliphatic rings. The average molecular weight is 252 g/mol. The Balaban J connectivity index is 1.59. The van der Waals surface area contributed by atoms with Crippen molar-refractivity contribution in [1.82, 2.24) is 10.2 Å². The zero-order chi connectivity index (χ0) is 12.6. The number of carbonyl (C=O) groups excluding carboxylic acids is 1. The van der Waals surface area contributed by atoms with E-state index in [1.807, 2.05) is 4.90 Å². The molecule has 2 unspecified atom stereocenters. The lowest BCUT2D eigenvalue weighted by atomic mass is 9.73. The van der Waals surface area contributed by atoms with E-state index in [1.165, 1.54) is 38.5 Å². The number of hydrogen-bond donors (Lipinski definition) is 2. The molecule has 2 saturated heterocycles. The van der Waals surface area contributed by atoms with Crippen molar-refractivity contribution in [1.29, 1.82) is 0 Å². The number of carbonyl (C=O) groups is 1. The third-order valence-electron chi connectivity index (χ3n) is 5.07. The minimum atomic E-state index is -0.342. The van der Waals surface area contributed by atoms with Gasteiger partial charge in [0.15, 0.2) is 0 Å². The minimum absolute atomic E-state index is 0.140. The number of nitrogens with one attached hydrogen (secondary N) is 1. The molecule has 0 aromatic carbocycles. The summed E-state index contributed by atoms with van der Waals surface area (Å²) in [5.41, 5.74) is 0.436. The molecule has 18 heavy (non-hydrogen) atoms. The van der Waals surface area contributed by atoms with Gasteiger partial charge in [-0.1, -0.05) is 19.3 Å². The predicted molar refractivity (Wildman–Crippen MR) is 69.1 cm³/mol. The zero-order valence-electron chi connectivity index (χ0n) is 11.0. The van der Waals surface area contributed by atoms with E-state index in [4.69, 9.17) is 0 Å². The molecule has 0 radical (unpaired) electrons. The maximum absolute atomic E-state index is 12.4. The van der Waals surface area contributed by atoms with Crippen LogP contribution in [0.5, 0.6) is 0 Å². The highest BCUT2D eigenvalue weighted by Gasteiger charge is 2.42. The van der Waals surface area contributed by atoms with Crippen molar-refractivity contribution in [2.75, 3.05) is 19.6 Å². The first-order valence-electron chi connectivity index (χ1n) is 7.39. The van der Waals surface area contributed by atoms with Crippen LogP contribution in [0.3, 0.4) is 0 Å². The van der Waals surface area contributed by atoms with E-state index in [-0.39, 0.29) is 18.1 Å². The first-order chi connectivity index (χ1) is 8.69. The fourth-order valence-corrected chi connectivity index (χ4v) is 3.96. The summed E-state index contributed by atoms with van der Waals surface area (Å²) in [7, 11) is 0. The van der Waals surface area contributed by atoms with Gasteiger partial charge in [0, 0.05) is 19.6 Å². The Kier molecular flexibility index (Phi) is 3.32. The summed E-state index contributed by atoms with van der Waals surface area (Å²) in [6.45, 7) is 2.45. The summed E-state index contributed by atoms with van der Waals surface area (Å²) in [5, 5.41) is 12.6. The largest absolute Gasteiger partial charge is 0.392 e. The Hall–Kier alpha value is -0.610. The summed E-state index contributed by atoms with van der Waals surface area (Å²) in [6, 6.07) is -0.140. The summed E-state index contributed by atoms with van der Waals surface area (Å²) in [6.07, 6.45) is 8.08. The highest BCUT2D eigenvalue weighted by atomic mass is 16.3. The zero-order valence-corrected chi connectivity index (χ0v) is 11.0. The van der Waals surface area contributed by atoms with Crippen LogP contribution in [0.2, 0.25) is 0 Å². The molecule has 102 valence electrons. The fourth-order valence-electron chi connectivity index (χ4n) is 3.96. The maximum atomic E-state index is 12.4. The molecular weight excluding hydrogens is 228 g/mol. The molecule has 0 bridgehead atoms. The van der Waals surface area contributed by atoms with Crippen LogP contribution in [0.25, 0.3) is 0 Å². The molecular formula is C14H24N2O2. The van der Waals surface area contributed by atoms with Crippen LogP contribution in [-0.2, 0) is 4.79 Å². The molecule has 3 fully saturated rings. The van der Waals surface area contributed by atoms with Gasteiger partial charge in [0.05, 0.1) is 12.1 Å². The molecule has 1 aliphatic carbocycles. The minimum Gasteiger partial charge on any atom is -0.392 e. The number of nitrogens with zero attached hydrogens (tertiary/aromatic N) is 1. The Morgan fingerprint density at radius 3 is 2.67 bits per heavy atom. The van der Waals surface area contributed by atoms with E-state index in [0.29, 0.717) is 18.4 Å². The Morgan fingerprint density at radius 2 is 2.00 bits per heavy atom. The first-order valence-corrected chi connectivity index (χ1v) is 7.39. The van der Waals surface area contributed by atoms with Crippen molar-refractivity contribution in [3.63, 3.8) is 0 Å². The standard InChI is InChI=1S/C14H24N2O2/c17-11-8-12(15-9-11)13(18)16-7-6-14(10-16)4-2-1-3-5-14/h11-12,15,17H,1-10H2. The van der Waals surface area contributed by atoms with Crippen molar-refractivity contribution < 1.29 is 9.90 Å². The van der Waals surface area contributed by atoms with Crippen LogP contribution in [0.4, 0.5) is 0 Å². The number of likely N-dealkylation sites (tertiary alicyclic amines) is 1. The molecule has 1 spiro atoms. The van der Waals surface area contributed by atoms with Gasteiger partial charge in [0.2, 0.25) is 5.91 Å². The highest BCUT2D eigenvalue weighted by Crippen LogP contribution is 2.43. The molecule has 0 aromatic heterocycles. The SMILES string of the molecule is O=C(C1CC(O)CN1)N1CCC2(CCCCC2)C1. The molecule has 4 nitrogen and oxygen atoms in total. The van der Waals surface area contributed by atoms with E-state index in [0.717, 1.165) is 13.1 Å². The van der Waals surface area contributed by atoms with Crippen molar-refractivity contribution in [2.24, 2.45) is 5.41 Å². The van der Waals surface area contributed by atoms with Crippen LogP contribution >= 0.6 is 0 Å². The molecule has 1 amide bonds. The Bertz CT molecular complexity index is 326. The quantitative estimate of drug-likeness (QED) is 0.729. The van der Waals surface area contributed by atoms with Gasteiger partial charge < -0.3 is 15.3 Å². The topological polar surface area (TPSA) is 52.6 Å². The monoisotopic (exact) mass is 252 g/mol. The molecule has 1 saturated carbocycles. The summed E-state index contributed by atoms with van der Waals surface area (Å²) < 4.78 is 0. The number of aliphatic hydroxyl groups excluding tert-OH is 1. The second kappa shape index (κ2) is 4.82. The number of rotatable bonds is 1. The van der Waals surface area contributed by atoms with E-state index < -0.39 is 0 Å². The summed E-state index contributed by atoms with van der Waals surface area (Å²) >= 11 is 0. The second-order valence-corrected chi connectivity index (χ2v) is 6.42. The van der Waals surface area contributed by atoms with Crippen LogP contribution < -0.4 is 5.32 Å². The molecule has 2 atom stereocenters. The van der Waals surface area contributed by atoms with Gasteiger partial charge in [-0.15, -0.1) is 0 Å². The summed E-state index contributed by atoms with van der Waals surface area (Å²) in [4.78, 5) is 14.4. The van der Waals surface area contributed by atoms with Gasteiger partial charge in [-0.2, -0.15) is 0 Å². The first kappa shape index (κ1) is 12.4. The number of aliphatic hydroxyl groups is 1. The van der Waals surface area contributed by atoms with Gasteiger partial charge in [-0.25, -0.2) is 0 Å². The lowest BCUT2D eigenvalue weighted by molar-refractivity contribution is -0.132. The van der Waals surface area contributed by atoms with E-state index in [9.17, 15) is 9.90 Å². The van der Waals surface area contributed by atoms with Gasteiger partial charge in [0.25, 0.3) is 0 Å². The molecule has 4 heteroatoms. The number of amides is 1. The van der Waals surface area contributed by atoms with Crippen LogP contribution in [0, 0.1) is 5.41 Å². The van der Waals surface area contributed by atoms with Crippen molar-refractivity contribution in [3.8, 4) is 0 Å². The van der Waals surface area contributed by atoms with Crippen molar-refractivity contribution in [3.05, 3.63) is 0 Å². The lowest BCUT2D eigenvalue weighted by Gasteiger charge is -2.33. The third-order valence-corrected chi connectivity index (χ3v) is 5.07. The number of hydrogen-bond acceptors (Lipinski definition) is 3. The molecule has 3 rings (SSSR count). The van der Waals surface area contributed by atoms with Crippen LogP contribution in [0.1, 0.15) is 44.9 Å². The van der Waals surface area contributed by atoms with Crippen LogP contribution in [-0.4, -0.2) is 47.7 Å². The van der Waals surface area contributed by atoms with Crippen molar-refractivity contribution in [2.45, 2.75) is 57.1 Å². The molecule has 2 aliphatic heterocycles. The van der Waals surface area contributed by atoms with E-state index in [2.05, 4.69) is 5.32 Å². The maximum Gasteiger partial charge on any atom is 0.239 e. The van der Waals surface area contributed by atoms with Gasteiger partial charge in [-0.3, -0.25) is 4.79 Å². The van der Waals surface area contributed by atoms with Crippen LogP contribution in [0.15, 0.2) is 0 Å². The predicted octanol–water partition coefficient (Wildman–Crippen LogP) is 0.892. The lowest BCUT2D eigenvalue weighted by Crippen LogP contribution is -2.43. The van der Waals surface area contributed by atoms with Gasteiger partial charge >= 0.3 is 0 Å². The Labute approximate surface area is 109 Å².